The van der Waals surface area contributed by atoms with Gasteiger partial charge in [-0.1, -0.05) is 13.3 Å². The van der Waals surface area contributed by atoms with Crippen molar-refractivity contribution in [2.75, 3.05) is 26.4 Å². The van der Waals surface area contributed by atoms with Crippen molar-refractivity contribution in [1.29, 1.82) is 0 Å². The third-order valence-electron chi connectivity index (χ3n) is 7.72. The molecule has 1 heterocycles. The smallest absolute Gasteiger partial charge is 0.113 e. The van der Waals surface area contributed by atoms with Gasteiger partial charge in [-0.2, -0.15) is 11.8 Å². The minimum Gasteiger partial charge on any atom is -0.396 e. The van der Waals surface area contributed by atoms with E-state index in [-0.39, 0.29) is 12.8 Å². The number of aliphatic hydroxyl groups is 3. The van der Waals surface area contributed by atoms with Gasteiger partial charge in [-0.25, -0.2) is 0 Å². The Morgan fingerprint density at radius 2 is 1.83 bits per heavy atom. The number of thioether (sulfide) groups is 1. The van der Waals surface area contributed by atoms with E-state index >= 15 is 0 Å². The molecule has 3 unspecified atom stereocenters. The number of hydrogen-bond donors (Lipinski definition) is 3. The van der Waals surface area contributed by atoms with Crippen molar-refractivity contribution in [2.24, 2.45) is 17.8 Å². The quantitative estimate of drug-likeness (QED) is 0.453. The van der Waals surface area contributed by atoms with Crippen LogP contribution in [0.4, 0.5) is 0 Å². The zero-order chi connectivity index (χ0) is 21.5. The van der Waals surface area contributed by atoms with Gasteiger partial charge in [0.2, 0.25) is 0 Å². The normalized spacial score (nSPS) is 37.1. The first-order valence-electron chi connectivity index (χ1n) is 12.5. The maximum absolute atomic E-state index is 10.1. The van der Waals surface area contributed by atoms with Gasteiger partial charge in [0.15, 0.2) is 0 Å². The lowest BCUT2D eigenvalue weighted by Gasteiger charge is -2.41. The molecule has 30 heavy (non-hydrogen) atoms. The molecule has 2 aliphatic carbocycles. The van der Waals surface area contributed by atoms with Gasteiger partial charge < -0.3 is 20.1 Å². The maximum atomic E-state index is 10.1. The molecule has 6 atom stereocenters. The fourth-order valence-electron chi connectivity index (χ4n) is 6.30. The Labute approximate surface area is 187 Å². The zero-order valence-electron chi connectivity index (χ0n) is 19.1. The van der Waals surface area contributed by atoms with Crippen LogP contribution in [0, 0.1) is 17.8 Å². The summed E-state index contributed by atoms with van der Waals surface area (Å²) in [7, 11) is 0. The molecule has 1 aliphatic heterocycles. The highest BCUT2D eigenvalue weighted by molar-refractivity contribution is 8.00. The molecule has 0 spiro atoms. The Balaban J connectivity index is 1.62. The minimum atomic E-state index is -0.396. The van der Waals surface area contributed by atoms with Crippen LogP contribution in [0.2, 0.25) is 0 Å². The molecule has 0 amide bonds. The van der Waals surface area contributed by atoms with Gasteiger partial charge in [0.1, 0.15) is 6.23 Å². The average Bonchev–Trinajstić information content (AvgIpc) is 3.10. The number of hydrogen-bond acceptors (Lipinski definition) is 6. The van der Waals surface area contributed by atoms with Crippen LogP contribution in [-0.4, -0.2) is 75.5 Å². The summed E-state index contributed by atoms with van der Waals surface area (Å²) in [5, 5.41) is 29.9. The van der Waals surface area contributed by atoms with Gasteiger partial charge in [-0.15, -0.1) is 0 Å². The van der Waals surface area contributed by atoms with Gasteiger partial charge in [0.25, 0.3) is 0 Å². The van der Waals surface area contributed by atoms with E-state index in [9.17, 15) is 10.2 Å². The highest BCUT2D eigenvalue weighted by atomic mass is 32.2. The van der Waals surface area contributed by atoms with E-state index in [2.05, 4.69) is 23.6 Å². The van der Waals surface area contributed by atoms with Crippen LogP contribution in [0.5, 0.6) is 0 Å². The Hall–Kier alpha value is 0.150. The predicted molar refractivity (Wildman–Crippen MR) is 124 cm³/mol. The molecule has 176 valence electrons. The summed E-state index contributed by atoms with van der Waals surface area (Å²) in [4.78, 5) is 2.56. The second-order valence-corrected chi connectivity index (χ2v) is 11.6. The largest absolute Gasteiger partial charge is 0.396 e. The Morgan fingerprint density at radius 3 is 2.50 bits per heavy atom. The summed E-state index contributed by atoms with van der Waals surface area (Å²) in [6.07, 6.45) is 11.5. The van der Waals surface area contributed by atoms with Crippen LogP contribution in [-0.2, 0) is 4.74 Å². The van der Waals surface area contributed by atoms with E-state index in [4.69, 9.17) is 9.84 Å². The lowest BCUT2D eigenvalue weighted by Crippen LogP contribution is -2.48. The summed E-state index contributed by atoms with van der Waals surface area (Å²) >= 11 is 2.25. The summed E-state index contributed by atoms with van der Waals surface area (Å²) in [6, 6.07) is 0.541. The van der Waals surface area contributed by atoms with Crippen molar-refractivity contribution >= 4 is 11.8 Å². The van der Waals surface area contributed by atoms with Crippen molar-refractivity contribution in [3.8, 4) is 0 Å². The summed E-state index contributed by atoms with van der Waals surface area (Å²) in [5.41, 5.74) is 0. The fourth-order valence-corrected chi connectivity index (χ4v) is 8.10. The third-order valence-corrected chi connectivity index (χ3v) is 9.42. The second-order valence-electron chi connectivity index (χ2n) is 10.1. The molecule has 5 nitrogen and oxygen atoms in total. The first kappa shape index (κ1) is 24.8. The lowest BCUT2D eigenvalue weighted by atomic mass is 9.78. The molecule has 0 bridgehead atoms. The topological polar surface area (TPSA) is 73.2 Å². The van der Waals surface area contributed by atoms with E-state index in [1.165, 1.54) is 51.4 Å². The Kier molecular flexibility index (Phi) is 10.2. The molecule has 1 saturated heterocycles. The molecular formula is C24H45NO4S. The van der Waals surface area contributed by atoms with Gasteiger partial charge in [-0.3, -0.25) is 4.90 Å². The van der Waals surface area contributed by atoms with Crippen LogP contribution < -0.4 is 0 Å². The molecule has 3 N–H and O–H groups in total. The van der Waals surface area contributed by atoms with Crippen LogP contribution in [0.15, 0.2) is 0 Å². The monoisotopic (exact) mass is 443 g/mol. The van der Waals surface area contributed by atoms with Gasteiger partial charge in [0.05, 0.1) is 19.3 Å². The predicted octanol–water partition coefficient (Wildman–Crippen LogP) is 3.65. The molecule has 3 fully saturated rings. The number of aliphatic hydroxyl groups excluding tert-OH is 3. The number of rotatable bonds is 11. The number of nitrogens with zero attached hydrogens (tertiary/aromatic N) is 1. The van der Waals surface area contributed by atoms with Crippen molar-refractivity contribution in [3.63, 3.8) is 0 Å². The maximum Gasteiger partial charge on any atom is 0.113 e. The van der Waals surface area contributed by atoms with Crippen molar-refractivity contribution in [1.82, 2.24) is 4.90 Å². The van der Waals surface area contributed by atoms with Gasteiger partial charge in [0, 0.05) is 36.1 Å². The highest BCUT2D eigenvalue weighted by Gasteiger charge is 2.49. The molecule has 0 aromatic carbocycles. The third kappa shape index (κ3) is 6.58. The van der Waals surface area contributed by atoms with E-state index in [0.717, 1.165) is 30.1 Å². The summed E-state index contributed by atoms with van der Waals surface area (Å²) in [6.45, 7) is 6.00. The highest BCUT2D eigenvalue weighted by Crippen LogP contribution is 2.48. The van der Waals surface area contributed by atoms with E-state index < -0.39 is 6.10 Å². The second kappa shape index (κ2) is 12.4. The lowest BCUT2D eigenvalue weighted by molar-refractivity contribution is -0.106. The van der Waals surface area contributed by atoms with Crippen LogP contribution in [0.1, 0.15) is 78.1 Å². The molecule has 3 aliphatic rings. The average molecular weight is 444 g/mol. The minimum absolute atomic E-state index is 0.0332. The molecule has 6 heteroatoms. The summed E-state index contributed by atoms with van der Waals surface area (Å²) < 4.78 is 6.06. The molecule has 0 radical (unpaired) electrons. The molecular weight excluding hydrogens is 398 g/mol. The van der Waals surface area contributed by atoms with Crippen molar-refractivity contribution in [2.45, 2.75) is 107 Å². The van der Waals surface area contributed by atoms with E-state index in [0.29, 0.717) is 36.8 Å². The van der Waals surface area contributed by atoms with Gasteiger partial charge in [-0.05, 0) is 76.0 Å². The fraction of sp³-hybridized carbons (Fsp3) is 1.00. The number of ether oxygens (including phenoxy) is 1. The molecule has 0 aromatic rings. The molecule has 0 aromatic heterocycles. The Bertz CT molecular complexity index is 486. The van der Waals surface area contributed by atoms with Crippen LogP contribution in [0.25, 0.3) is 0 Å². The van der Waals surface area contributed by atoms with E-state index in [1.54, 1.807) is 0 Å². The zero-order valence-corrected chi connectivity index (χ0v) is 19.9. The first-order chi connectivity index (χ1) is 14.5. The summed E-state index contributed by atoms with van der Waals surface area (Å²) in [5.74, 6) is 2.21. The first-order valence-corrected chi connectivity index (χ1v) is 13.4. The van der Waals surface area contributed by atoms with Crippen molar-refractivity contribution in [3.05, 3.63) is 0 Å². The SMILES string of the molecule is C[C@H](O)C[C@@H](OCCO)N1CC(SC2CCC(CCCO)CC2)C2CCC[C@H](C)C21. The number of fused-ring (bicyclic) bond motifs is 1. The molecule has 2 saturated carbocycles. The Morgan fingerprint density at radius 1 is 1.07 bits per heavy atom. The van der Waals surface area contributed by atoms with Crippen LogP contribution >= 0.6 is 11.8 Å². The van der Waals surface area contributed by atoms with Crippen LogP contribution in [0.3, 0.4) is 0 Å². The van der Waals surface area contributed by atoms with Gasteiger partial charge >= 0.3 is 0 Å². The van der Waals surface area contributed by atoms with Crippen molar-refractivity contribution < 1.29 is 20.1 Å². The number of likely N-dealkylation sites (tertiary alicyclic amines) is 1. The van der Waals surface area contributed by atoms with E-state index in [1.807, 2.05) is 6.92 Å². The molecule has 3 rings (SSSR count). The standard InChI is InChI=1S/C24H45NO4S/c1-17-5-3-7-21-22(30-20-10-8-19(9-11-20)6-4-12-26)16-25(24(17)21)23(15-18(2)28)29-14-13-27/h17-24,26-28H,3-16H2,1-2H3/t17-,18-,19?,20?,21?,22?,23+,24?/m0/s1.